The van der Waals surface area contributed by atoms with Crippen LogP contribution in [0.25, 0.3) is 0 Å². The molecule has 0 aliphatic carbocycles. The van der Waals surface area contributed by atoms with E-state index in [1.54, 1.807) is 0 Å². The van der Waals surface area contributed by atoms with Gasteiger partial charge in [0.25, 0.3) is 0 Å². The fourth-order valence-corrected chi connectivity index (χ4v) is 1.78. The van der Waals surface area contributed by atoms with Crippen molar-refractivity contribution in [3.63, 3.8) is 0 Å². The molecule has 0 atom stereocenters. The lowest BCUT2D eigenvalue weighted by molar-refractivity contribution is 0.490. The van der Waals surface area contributed by atoms with Gasteiger partial charge in [0, 0.05) is 5.56 Å². The molecule has 1 aromatic carbocycles. The monoisotopic (exact) mass is 233 g/mol. The third-order valence-corrected chi connectivity index (χ3v) is 2.54. The average molecular weight is 234 g/mol. The van der Waals surface area contributed by atoms with Crippen LogP contribution in [0.5, 0.6) is 0 Å². The molecule has 0 saturated heterocycles. The lowest BCUT2D eigenvalue weighted by Crippen LogP contribution is -2.25. The van der Waals surface area contributed by atoms with Gasteiger partial charge in [0.15, 0.2) is 0 Å². The number of nitrogens with zero attached hydrogens (tertiary/aromatic N) is 3. The molecule has 0 saturated carbocycles. The first-order valence-electron chi connectivity index (χ1n) is 5.07. The van der Waals surface area contributed by atoms with E-state index in [4.69, 9.17) is 0 Å². The number of benzene rings is 1. The van der Waals surface area contributed by atoms with Crippen molar-refractivity contribution in [3.8, 4) is 0 Å². The van der Waals surface area contributed by atoms with Crippen molar-refractivity contribution in [2.75, 3.05) is 13.1 Å². The van der Waals surface area contributed by atoms with Gasteiger partial charge in [0.1, 0.15) is 5.84 Å². The lowest BCUT2D eigenvalue weighted by Gasteiger charge is -2.17. The van der Waals surface area contributed by atoms with E-state index < -0.39 is 0 Å². The number of aliphatic imine (C=N–C) groups is 1. The maximum Gasteiger partial charge on any atom is 0.144 e. The third-order valence-electron chi connectivity index (χ3n) is 2.54. The van der Waals surface area contributed by atoms with E-state index in [1.807, 2.05) is 35.4 Å². The summed E-state index contributed by atoms with van der Waals surface area (Å²) in [6, 6.07) is 10.2. The maximum atomic E-state index is 4.55. The van der Waals surface area contributed by atoms with Gasteiger partial charge in [-0.3, -0.25) is 4.99 Å². The molecule has 0 bridgehead atoms. The highest BCUT2D eigenvalue weighted by atomic mass is 35.5. The van der Waals surface area contributed by atoms with Crippen LogP contribution in [0, 0.1) is 0 Å². The van der Waals surface area contributed by atoms with Gasteiger partial charge in [-0.1, -0.05) is 30.3 Å². The molecule has 0 amide bonds. The van der Waals surface area contributed by atoms with Crippen LogP contribution in [0.4, 0.5) is 0 Å². The van der Waals surface area contributed by atoms with Crippen molar-refractivity contribution in [1.29, 1.82) is 0 Å². The van der Waals surface area contributed by atoms with E-state index in [0.29, 0.717) is 0 Å². The first-order chi connectivity index (χ1) is 7.43. The van der Waals surface area contributed by atoms with Gasteiger partial charge in [0.05, 0.1) is 18.8 Å². The van der Waals surface area contributed by atoms with Crippen LogP contribution in [-0.4, -0.2) is 29.6 Å². The Kier molecular flexibility index (Phi) is 3.06. The van der Waals surface area contributed by atoms with Crippen LogP contribution >= 0.6 is 12.4 Å². The Hall–Kier alpha value is -1.61. The molecule has 82 valence electrons. The number of hydrazone groups is 1. The van der Waals surface area contributed by atoms with Crippen molar-refractivity contribution >= 4 is 24.0 Å². The Morgan fingerprint density at radius 3 is 2.69 bits per heavy atom. The van der Waals surface area contributed by atoms with E-state index in [-0.39, 0.29) is 12.4 Å². The Morgan fingerprint density at radius 1 is 1.06 bits per heavy atom. The van der Waals surface area contributed by atoms with Crippen molar-refractivity contribution in [1.82, 2.24) is 5.01 Å². The Balaban J connectivity index is 0.000000963. The molecule has 16 heavy (non-hydrogen) atoms. The second kappa shape index (κ2) is 4.49. The molecule has 3 rings (SSSR count). The van der Waals surface area contributed by atoms with Gasteiger partial charge in [-0.15, -0.1) is 12.4 Å². The van der Waals surface area contributed by atoms with Crippen LogP contribution in [0.2, 0.25) is 0 Å². The molecule has 3 nitrogen and oxygen atoms in total. The van der Waals surface area contributed by atoms with Gasteiger partial charge >= 0.3 is 0 Å². The van der Waals surface area contributed by atoms with E-state index in [9.17, 15) is 0 Å². The fourth-order valence-electron chi connectivity index (χ4n) is 1.78. The average Bonchev–Trinajstić information content (AvgIpc) is 2.77. The molecular weight excluding hydrogens is 222 g/mol. The van der Waals surface area contributed by atoms with Crippen molar-refractivity contribution in [2.45, 2.75) is 0 Å². The highest BCUT2D eigenvalue weighted by Crippen LogP contribution is 2.13. The van der Waals surface area contributed by atoms with Crippen LogP contribution in [0.1, 0.15) is 5.56 Å². The van der Waals surface area contributed by atoms with E-state index in [2.05, 4.69) is 22.2 Å². The third kappa shape index (κ3) is 1.86. The molecule has 0 unspecified atom stereocenters. The molecular formula is C12H12ClN3. The van der Waals surface area contributed by atoms with Crippen molar-refractivity contribution < 1.29 is 0 Å². The zero-order valence-corrected chi connectivity index (χ0v) is 9.52. The van der Waals surface area contributed by atoms with Gasteiger partial charge < -0.3 is 0 Å². The topological polar surface area (TPSA) is 28.0 Å². The van der Waals surface area contributed by atoms with Crippen LogP contribution in [0.3, 0.4) is 0 Å². The van der Waals surface area contributed by atoms with Crippen molar-refractivity contribution in [3.05, 3.63) is 48.0 Å². The molecule has 2 aliphatic heterocycles. The highest BCUT2D eigenvalue weighted by Gasteiger charge is 2.17. The summed E-state index contributed by atoms with van der Waals surface area (Å²) in [5, 5.41) is 6.51. The molecule has 0 spiro atoms. The molecule has 2 aliphatic rings. The standard InChI is InChI=1S/C12H11N3.ClH/c1-2-4-10(5-3-1)11-6-7-12-13-8-9-15(12)14-11;/h1-7H,8-9H2;1H. The van der Waals surface area contributed by atoms with Crippen LogP contribution in [-0.2, 0) is 0 Å². The predicted octanol–water partition coefficient (Wildman–Crippen LogP) is 2.10. The molecule has 0 aromatic heterocycles. The van der Waals surface area contributed by atoms with E-state index in [1.165, 1.54) is 0 Å². The predicted molar refractivity (Wildman–Crippen MR) is 68.4 cm³/mol. The lowest BCUT2D eigenvalue weighted by atomic mass is 10.1. The Morgan fingerprint density at radius 2 is 1.88 bits per heavy atom. The quantitative estimate of drug-likeness (QED) is 0.730. The van der Waals surface area contributed by atoms with Gasteiger partial charge in [-0.05, 0) is 12.2 Å². The minimum atomic E-state index is 0. The highest BCUT2D eigenvalue weighted by molar-refractivity contribution is 6.14. The number of hydrogen-bond acceptors (Lipinski definition) is 3. The fraction of sp³-hybridized carbons (Fsp3) is 0.167. The van der Waals surface area contributed by atoms with E-state index >= 15 is 0 Å². The first-order valence-corrected chi connectivity index (χ1v) is 5.07. The zero-order chi connectivity index (χ0) is 10.1. The summed E-state index contributed by atoms with van der Waals surface area (Å²) >= 11 is 0. The number of halogens is 1. The summed E-state index contributed by atoms with van der Waals surface area (Å²) in [7, 11) is 0. The van der Waals surface area contributed by atoms with Gasteiger partial charge in [0.2, 0.25) is 0 Å². The number of allylic oxidation sites excluding steroid dienone is 1. The number of rotatable bonds is 1. The van der Waals surface area contributed by atoms with E-state index in [0.717, 1.165) is 30.2 Å². The summed E-state index contributed by atoms with van der Waals surface area (Å²) in [6.07, 6.45) is 4.05. The number of hydrogen-bond donors (Lipinski definition) is 0. The smallest absolute Gasteiger partial charge is 0.144 e. The minimum Gasteiger partial charge on any atom is -0.265 e. The molecule has 0 N–H and O–H groups in total. The normalized spacial score (nSPS) is 17.4. The summed E-state index contributed by atoms with van der Waals surface area (Å²) < 4.78 is 0. The second-order valence-electron chi connectivity index (χ2n) is 3.55. The molecule has 2 heterocycles. The first kappa shape index (κ1) is 10.9. The summed E-state index contributed by atoms with van der Waals surface area (Å²) in [5.74, 6) is 0.981. The van der Waals surface area contributed by atoms with Gasteiger partial charge in [-0.2, -0.15) is 5.10 Å². The molecule has 1 aromatic rings. The largest absolute Gasteiger partial charge is 0.265 e. The van der Waals surface area contributed by atoms with Crippen LogP contribution < -0.4 is 0 Å². The molecule has 4 heteroatoms. The number of amidine groups is 1. The van der Waals surface area contributed by atoms with Gasteiger partial charge in [-0.25, -0.2) is 5.01 Å². The number of fused-ring (bicyclic) bond motifs is 1. The Bertz CT molecular complexity index is 462. The summed E-state index contributed by atoms with van der Waals surface area (Å²) in [6.45, 7) is 1.75. The second-order valence-corrected chi connectivity index (χ2v) is 3.55. The minimum absolute atomic E-state index is 0. The summed E-state index contributed by atoms with van der Waals surface area (Å²) in [5.41, 5.74) is 2.16. The SMILES string of the molecule is C1=CC2=NCCN2N=C1c1ccccc1.Cl. The Labute approximate surface area is 101 Å². The summed E-state index contributed by atoms with van der Waals surface area (Å²) in [4.78, 5) is 4.33. The molecule has 0 fully saturated rings. The van der Waals surface area contributed by atoms with Crippen molar-refractivity contribution in [2.24, 2.45) is 10.1 Å². The van der Waals surface area contributed by atoms with Crippen LogP contribution in [0.15, 0.2) is 52.6 Å². The molecule has 0 radical (unpaired) electrons. The maximum absolute atomic E-state index is 4.55. The zero-order valence-electron chi connectivity index (χ0n) is 8.71.